The van der Waals surface area contributed by atoms with Crippen LogP contribution < -0.4 is 16.1 Å². The van der Waals surface area contributed by atoms with Gasteiger partial charge in [-0.2, -0.15) is 0 Å². The van der Waals surface area contributed by atoms with E-state index >= 15 is 0 Å². The number of aromatic hydroxyl groups is 1. The number of benzene rings is 1. The number of tetrazole rings is 1. The third kappa shape index (κ3) is 5.18. The van der Waals surface area contributed by atoms with Crippen LogP contribution in [0.1, 0.15) is 27.8 Å². The highest BCUT2D eigenvalue weighted by molar-refractivity contribution is 8.00. The number of H-pyrrole nitrogens is 1. The molecule has 0 bridgehead atoms. The van der Waals surface area contributed by atoms with Crippen molar-refractivity contribution in [1.29, 1.82) is 0 Å². The molecule has 6 rings (SSSR count). The number of nitrogens with zero attached hydrogens (tertiary/aromatic N) is 6. The minimum Gasteiger partial charge on any atom is -0.508 e. The molecule has 2 unspecified atom stereocenters. The van der Waals surface area contributed by atoms with Crippen LogP contribution >= 0.6 is 24.0 Å². The van der Waals surface area contributed by atoms with Gasteiger partial charge in [-0.25, -0.2) is 9.48 Å². The molecule has 2 aliphatic heterocycles. The zero-order valence-electron chi connectivity index (χ0n) is 23.0. The van der Waals surface area contributed by atoms with Crippen molar-refractivity contribution in [3.8, 4) is 5.75 Å². The first-order chi connectivity index (χ1) is 21.6. The third-order valence-electron chi connectivity index (χ3n) is 7.19. The Balaban J connectivity index is 1.26. The number of carboxylic acids is 1. The van der Waals surface area contributed by atoms with Gasteiger partial charge in [0.15, 0.2) is 5.82 Å². The molecule has 0 aliphatic carbocycles. The first kappa shape index (κ1) is 29.6. The van der Waals surface area contributed by atoms with E-state index in [1.165, 1.54) is 60.2 Å². The summed E-state index contributed by atoms with van der Waals surface area (Å²) < 4.78 is 1.28. The number of carbonyl (C=O) groups excluding carboxylic acids is 3. The number of nitrogens with one attached hydrogen (secondary N) is 3. The van der Waals surface area contributed by atoms with Crippen molar-refractivity contribution < 1.29 is 29.4 Å². The molecule has 0 spiro atoms. The lowest BCUT2D eigenvalue weighted by atomic mass is 9.99. The highest BCUT2D eigenvalue weighted by atomic mass is 32.2. The third-order valence-corrected chi connectivity index (χ3v) is 8.90. The zero-order chi connectivity index (χ0) is 32.0. The zero-order valence-corrected chi connectivity index (χ0v) is 24.6. The van der Waals surface area contributed by atoms with Gasteiger partial charge in [-0.3, -0.25) is 29.1 Å². The lowest BCUT2D eigenvalue weighted by molar-refractivity contribution is -0.150. The second-order valence-corrected chi connectivity index (χ2v) is 11.4. The van der Waals surface area contributed by atoms with Gasteiger partial charge in [0.25, 0.3) is 11.8 Å². The standard InChI is InChI=1S/C27H21N9O7S2/c1-35-22(32-33-34-35)21(44)14-10-45-26-18(25(41)36(26)19(14)27(42)43)31-24(40)16(11-4-2-5-12(37)8-11)30-23(39)13-9-29-15-6-3-7-28-17(15)20(13)38/h2-9,16,18,26,37H,10H2,1H3,(H,29,38)(H,30,39)(H,31,40)(H,42,43)/t16?,18?,26-/m0/s1. The lowest BCUT2D eigenvalue weighted by Gasteiger charge is -2.49. The molecule has 0 radical (unpaired) electrons. The van der Waals surface area contributed by atoms with Crippen LogP contribution in [0, 0.1) is 0 Å². The average molecular weight is 648 g/mol. The molecule has 0 saturated carbocycles. The molecule has 1 saturated heterocycles. The van der Waals surface area contributed by atoms with Crippen molar-refractivity contribution in [1.82, 2.24) is 45.7 Å². The van der Waals surface area contributed by atoms with Crippen LogP contribution in [0.5, 0.6) is 5.75 Å². The Labute approximate surface area is 261 Å². The molecule has 228 valence electrons. The number of aromatic nitrogens is 6. The van der Waals surface area contributed by atoms with Gasteiger partial charge in [-0.05, 0) is 40.3 Å². The summed E-state index contributed by atoms with van der Waals surface area (Å²) in [6, 6.07) is 6.16. The van der Waals surface area contributed by atoms with E-state index in [0.717, 1.165) is 4.90 Å². The smallest absolute Gasteiger partial charge is 0.353 e. The summed E-state index contributed by atoms with van der Waals surface area (Å²) in [5.41, 5.74) is -0.558. The summed E-state index contributed by atoms with van der Waals surface area (Å²) in [6.45, 7) is 0. The van der Waals surface area contributed by atoms with Gasteiger partial charge in [0.05, 0.1) is 10.4 Å². The van der Waals surface area contributed by atoms with E-state index in [-0.39, 0.29) is 50.1 Å². The Hall–Kier alpha value is -5.49. The number of phenols is 1. The number of hydrogen-bond acceptors (Lipinski definition) is 12. The van der Waals surface area contributed by atoms with Crippen LogP contribution in [0.3, 0.4) is 0 Å². The second-order valence-electron chi connectivity index (χ2n) is 9.92. The Morgan fingerprint density at radius 2 is 2.00 bits per heavy atom. The van der Waals surface area contributed by atoms with E-state index in [4.69, 9.17) is 12.2 Å². The van der Waals surface area contributed by atoms with Crippen molar-refractivity contribution in [3.05, 3.63) is 87.2 Å². The summed E-state index contributed by atoms with van der Waals surface area (Å²) >= 11 is 6.63. The predicted molar refractivity (Wildman–Crippen MR) is 161 cm³/mol. The number of β-lactam (4-membered cyclic amide) rings is 1. The minimum atomic E-state index is -1.46. The molecule has 1 fully saturated rings. The van der Waals surface area contributed by atoms with E-state index in [0.29, 0.717) is 5.52 Å². The SMILES string of the molecule is Cn1nnnc1C(=S)C1=C(C(=O)O)N2C(=O)C(NC(=O)C(NC(=O)c3c[nH]c4cccnc4c3=O)c3cccc(O)c3)[C@@H]2SC1. The highest BCUT2D eigenvalue weighted by Gasteiger charge is 2.55. The van der Waals surface area contributed by atoms with Crippen molar-refractivity contribution in [2.75, 3.05) is 5.75 Å². The van der Waals surface area contributed by atoms with Gasteiger partial charge in [-0.1, -0.05) is 24.4 Å². The fraction of sp³-hybridized carbons (Fsp3) is 0.185. The summed E-state index contributed by atoms with van der Waals surface area (Å²) in [5.74, 6) is -3.82. The van der Waals surface area contributed by atoms with Gasteiger partial charge in [-0.15, -0.1) is 16.9 Å². The maximum atomic E-state index is 13.7. The molecule has 5 heterocycles. The number of fused-ring (bicyclic) bond motifs is 2. The summed E-state index contributed by atoms with van der Waals surface area (Å²) in [4.78, 5) is 73.5. The van der Waals surface area contributed by atoms with Crippen LogP contribution in [0.15, 0.2) is 64.9 Å². The van der Waals surface area contributed by atoms with Crippen molar-refractivity contribution in [2.24, 2.45) is 7.05 Å². The maximum Gasteiger partial charge on any atom is 0.353 e. The van der Waals surface area contributed by atoms with E-state index < -0.39 is 46.6 Å². The van der Waals surface area contributed by atoms with Gasteiger partial charge < -0.3 is 25.8 Å². The van der Waals surface area contributed by atoms with E-state index in [9.17, 15) is 34.2 Å². The van der Waals surface area contributed by atoms with Crippen LogP contribution in [0.2, 0.25) is 0 Å². The summed E-state index contributed by atoms with van der Waals surface area (Å²) in [5, 5.41) is 35.5. The Morgan fingerprint density at radius 1 is 1.20 bits per heavy atom. The number of rotatable bonds is 8. The maximum absolute atomic E-state index is 13.7. The number of aromatic amines is 1. The number of pyridine rings is 2. The Bertz CT molecular complexity index is 2020. The van der Waals surface area contributed by atoms with Gasteiger partial charge in [0.2, 0.25) is 11.3 Å². The number of thiocarbonyl (C=S) groups is 1. The predicted octanol–water partition coefficient (Wildman–Crippen LogP) is -0.220. The number of thioether (sulfide) groups is 1. The number of carbonyl (C=O) groups is 4. The number of aryl methyl sites for hydroxylation is 1. The first-order valence-corrected chi connectivity index (χ1v) is 14.6. The molecule has 3 aromatic heterocycles. The van der Waals surface area contributed by atoms with E-state index in [1.807, 2.05) is 0 Å². The monoisotopic (exact) mass is 647 g/mol. The lowest BCUT2D eigenvalue weighted by Crippen LogP contribution is -2.71. The van der Waals surface area contributed by atoms with Crippen LogP contribution in [-0.4, -0.2) is 91.0 Å². The molecular weight excluding hydrogens is 626 g/mol. The molecule has 2 aliphatic rings. The van der Waals surface area contributed by atoms with Crippen molar-refractivity contribution in [2.45, 2.75) is 17.5 Å². The van der Waals surface area contributed by atoms with Crippen molar-refractivity contribution in [3.63, 3.8) is 0 Å². The Kier molecular flexibility index (Phi) is 7.59. The number of phenolic OH excluding ortho intramolecular Hbond substituents is 1. The Morgan fingerprint density at radius 3 is 2.71 bits per heavy atom. The molecule has 1 aromatic carbocycles. The summed E-state index contributed by atoms with van der Waals surface area (Å²) in [7, 11) is 1.54. The van der Waals surface area contributed by atoms with Crippen LogP contribution in [0.25, 0.3) is 11.0 Å². The fourth-order valence-electron chi connectivity index (χ4n) is 5.01. The second kappa shape index (κ2) is 11.5. The largest absolute Gasteiger partial charge is 0.508 e. The van der Waals surface area contributed by atoms with Crippen LogP contribution in [-0.2, 0) is 21.4 Å². The minimum absolute atomic E-state index is 0.0227. The number of hydrogen-bond donors (Lipinski definition) is 5. The molecule has 45 heavy (non-hydrogen) atoms. The molecule has 16 nitrogen and oxygen atoms in total. The quantitative estimate of drug-likeness (QED) is 0.0949. The molecule has 18 heteroatoms. The van der Waals surface area contributed by atoms with Crippen molar-refractivity contribution >= 4 is 63.6 Å². The molecular formula is C27H21N9O7S2. The van der Waals surface area contributed by atoms with Gasteiger partial charge in [0, 0.05) is 30.8 Å². The van der Waals surface area contributed by atoms with E-state index in [2.05, 4.69) is 36.1 Å². The number of carboxylic acid groups (broad SMARTS) is 1. The number of aliphatic carboxylic acids is 1. The summed E-state index contributed by atoms with van der Waals surface area (Å²) in [6.07, 6.45) is 2.60. The fourth-order valence-corrected chi connectivity index (χ4v) is 6.80. The van der Waals surface area contributed by atoms with Gasteiger partial charge >= 0.3 is 5.97 Å². The molecule has 3 atom stereocenters. The van der Waals surface area contributed by atoms with E-state index in [1.54, 1.807) is 12.1 Å². The molecule has 5 N–H and O–H groups in total. The number of amides is 3. The molecule has 3 amide bonds. The normalized spacial score (nSPS) is 18.2. The highest BCUT2D eigenvalue weighted by Crippen LogP contribution is 2.41. The van der Waals surface area contributed by atoms with Gasteiger partial charge in [0.1, 0.15) is 40.0 Å². The average Bonchev–Trinajstić information content (AvgIpc) is 3.46. The van der Waals surface area contributed by atoms with Crippen LogP contribution in [0.4, 0.5) is 0 Å². The topological polar surface area (TPSA) is 225 Å². The molecule has 4 aromatic rings. The first-order valence-electron chi connectivity index (χ1n) is 13.1.